The maximum absolute atomic E-state index is 13.3. The third-order valence-electron chi connectivity index (χ3n) is 4.39. The Bertz CT molecular complexity index is 709. The van der Waals surface area contributed by atoms with Gasteiger partial charge < -0.3 is 15.5 Å². The standard InChI is InChI=1S/C17H26FN3O3S/c1-3-25(23,24)10-8-19-17(22)20-15-5-4-9-21(12-15)16-7-6-14(18)11-13(16)2/h6-7,11,15H,3-5,8-10,12H2,1-2H3,(H2,19,20,22). The molecule has 8 heteroatoms. The highest BCUT2D eigenvalue weighted by Crippen LogP contribution is 2.24. The number of anilines is 1. The largest absolute Gasteiger partial charge is 0.369 e. The third kappa shape index (κ3) is 5.88. The van der Waals surface area contributed by atoms with Crippen LogP contribution in [0.1, 0.15) is 25.3 Å². The summed E-state index contributed by atoms with van der Waals surface area (Å²) in [6.45, 7) is 5.07. The van der Waals surface area contributed by atoms with Gasteiger partial charge in [-0.3, -0.25) is 0 Å². The van der Waals surface area contributed by atoms with Gasteiger partial charge in [-0.25, -0.2) is 17.6 Å². The Morgan fingerprint density at radius 2 is 2.16 bits per heavy atom. The van der Waals surface area contributed by atoms with Crippen molar-refractivity contribution in [1.29, 1.82) is 0 Å². The van der Waals surface area contributed by atoms with Crippen LogP contribution >= 0.6 is 0 Å². The number of carbonyl (C=O) groups excluding carboxylic acids is 1. The van der Waals surface area contributed by atoms with Crippen LogP contribution < -0.4 is 15.5 Å². The molecule has 25 heavy (non-hydrogen) atoms. The first kappa shape index (κ1) is 19.5. The number of urea groups is 1. The van der Waals surface area contributed by atoms with E-state index in [9.17, 15) is 17.6 Å². The second-order valence-electron chi connectivity index (χ2n) is 6.35. The van der Waals surface area contributed by atoms with Gasteiger partial charge in [-0.2, -0.15) is 0 Å². The molecule has 0 spiro atoms. The molecule has 1 aromatic carbocycles. The molecule has 140 valence electrons. The molecule has 1 saturated heterocycles. The van der Waals surface area contributed by atoms with Crippen molar-refractivity contribution in [3.63, 3.8) is 0 Å². The summed E-state index contributed by atoms with van der Waals surface area (Å²) >= 11 is 0. The van der Waals surface area contributed by atoms with Crippen LogP contribution in [0.5, 0.6) is 0 Å². The molecule has 1 unspecified atom stereocenters. The number of aryl methyl sites for hydroxylation is 1. The zero-order valence-corrected chi connectivity index (χ0v) is 15.5. The summed E-state index contributed by atoms with van der Waals surface area (Å²) in [6.07, 6.45) is 1.78. The molecule has 2 rings (SSSR count). The maximum atomic E-state index is 13.3. The summed E-state index contributed by atoms with van der Waals surface area (Å²) in [6, 6.07) is 4.34. The fourth-order valence-corrected chi connectivity index (χ4v) is 3.69. The van der Waals surface area contributed by atoms with Gasteiger partial charge in [0.25, 0.3) is 0 Å². The van der Waals surface area contributed by atoms with Crippen molar-refractivity contribution in [3.05, 3.63) is 29.6 Å². The highest BCUT2D eigenvalue weighted by atomic mass is 32.2. The summed E-state index contributed by atoms with van der Waals surface area (Å²) in [5.74, 6) is -0.234. The smallest absolute Gasteiger partial charge is 0.315 e. The van der Waals surface area contributed by atoms with E-state index in [4.69, 9.17) is 0 Å². The lowest BCUT2D eigenvalue weighted by Crippen LogP contribution is -2.51. The maximum Gasteiger partial charge on any atom is 0.315 e. The highest BCUT2D eigenvalue weighted by Gasteiger charge is 2.22. The summed E-state index contributed by atoms with van der Waals surface area (Å²) < 4.78 is 36.1. The van der Waals surface area contributed by atoms with E-state index < -0.39 is 9.84 Å². The quantitative estimate of drug-likeness (QED) is 0.800. The number of piperidine rings is 1. The number of sulfone groups is 1. The van der Waals surface area contributed by atoms with E-state index >= 15 is 0 Å². The van der Waals surface area contributed by atoms with E-state index in [2.05, 4.69) is 15.5 Å². The summed E-state index contributed by atoms with van der Waals surface area (Å²) in [7, 11) is -3.08. The van der Waals surface area contributed by atoms with Crippen LogP contribution in [-0.4, -0.2) is 51.6 Å². The first-order valence-electron chi connectivity index (χ1n) is 8.56. The molecule has 1 aliphatic heterocycles. The van der Waals surface area contributed by atoms with Gasteiger partial charge in [0.2, 0.25) is 0 Å². The van der Waals surface area contributed by atoms with Crippen molar-refractivity contribution in [2.24, 2.45) is 0 Å². The number of halogens is 1. The molecule has 1 aromatic rings. The van der Waals surface area contributed by atoms with E-state index in [-0.39, 0.29) is 35.9 Å². The first-order valence-corrected chi connectivity index (χ1v) is 10.4. The second kappa shape index (κ2) is 8.51. The number of carbonyl (C=O) groups is 1. The molecular formula is C17H26FN3O3S. The SMILES string of the molecule is CCS(=O)(=O)CCNC(=O)NC1CCCN(c2ccc(F)cc2C)C1. The van der Waals surface area contributed by atoms with E-state index in [1.807, 2.05) is 6.92 Å². The van der Waals surface area contributed by atoms with E-state index in [1.54, 1.807) is 13.0 Å². The molecular weight excluding hydrogens is 345 g/mol. The minimum absolute atomic E-state index is 0.0269. The predicted octanol–water partition coefficient (Wildman–Crippen LogP) is 1.84. The fraction of sp³-hybridized carbons (Fsp3) is 0.588. The van der Waals surface area contributed by atoms with E-state index in [1.165, 1.54) is 12.1 Å². The lowest BCUT2D eigenvalue weighted by Gasteiger charge is -2.35. The van der Waals surface area contributed by atoms with Crippen molar-refractivity contribution in [3.8, 4) is 0 Å². The average Bonchev–Trinajstić information content (AvgIpc) is 2.55. The minimum Gasteiger partial charge on any atom is -0.369 e. The number of amides is 2. The van der Waals surface area contributed by atoms with Crippen molar-refractivity contribution in [2.45, 2.75) is 32.7 Å². The van der Waals surface area contributed by atoms with Gasteiger partial charge in [-0.15, -0.1) is 0 Å². The zero-order chi connectivity index (χ0) is 18.4. The van der Waals surface area contributed by atoms with Gasteiger partial charge in [0.15, 0.2) is 9.84 Å². The van der Waals surface area contributed by atoms with Gasteiger partial charge in [0, 0.05) is 37.1 Å². The molecule has 1 heterocycles. The summed E-state index contributed by atoms with van der Waals surface area (Å²) in [5.41, 5.74) is 1.84. The van der Waals surface area contributed by atoms with Crippen molar-refractivity contribution in [1.82, 2.24) is 10.6 Å². The Balaban J connectivity index is 1.85. The minimum atomic E-state index is -3.08. The highest BCUT2D eigenvalue weighted by molar-refractivity contribution is 7.91. The van der Waals surface area contributed by atoms with Gasteiger partial charge in [-0.05, 0) is 43.5 Å². The van der Waals surface area contributed by atoms with Crippen LogP contribution in [0.25, 0.3) is 0 Å². The van der Waals surface area contributed by atoms with Crippen LogP contribution in [0.15, 0.2) is 18.2 Å². The molecule has 0 radical (unpaired) electrons. The van der Waals surface area contributed by atoms with Crippen LogP contribution in [0.2, 0.25) is 0 Å². The topological polar surface area (TPSA) is 78.5 Å². The average molecular weight is 371 g/mol. The molecule has 1 atom stereocenters. The fourth-order valence-electron chi connectivity index (χ4n) is 2.99. The Kier molecular flexibility index (Phi) is 6.64. The summed E-state index contributed by atoms with van der Waals surface area (Å²) in [5, 5.41) is 5.49. The number of benzene rings is 1. The lowest BCUT2D eigenvalue weighted by atomic mass is 10.0. The van der Waals surface area contributed by atoms with Gasteiger partial charge >= 0.3 is 6.03 Å². The van der Waals surface area contributed by atoms with Crippen LogP contribution in [-0.2, 0) is 9.84 Å². The van der Waals surface area contributed by atoms with Crippen LogP contribution in [0.4, 0.5) is 14.9 Å². The normalized spacial score (nSPS) is 18.0. The molecule has 2 amide bonds. The molecule has 0 aliphatic carbocycles. The van der Waals surface area contributed by atoms with Gasteiger partial charge in [0.1, 0.15) is 5.82 Å². The Morgan fingerprint density at radius 3 is 2.84 bits per heavy atom. The zero-order valence-electron chi connectivity index (χ0n) is 14.7. The molecule has 0 bridgehead atoms. The summed E-state index contributed by atoms with van der Waals surface area (Å²) in [4.78, 5) is 14.1. The number of hydrogen-bond acceptors (Lipinski definition) is 4. The molecule has 0 aromatic heterocycles. The molecule has 1 fully saturated rings. The number of rotatable bonds is 6. The van der Waals surface area contributed by atoms with E-state index in [0.717, 1.165) is 30.6 Å². The lowest BCUT2D eigenvalue weighted by molar-refractivity contribution is 0.235. The second-order valence-corrected chi connectivity index (χ2v) is 8.83. The predicted molar refractivity (Wildman–Crippen MR) is 97.2 cm³/mol. The monoisotopic (exact) mass is 371 g/mol. The molecule has 1 aliphatic rings. The van der Waals surface area contributed by atoms with Crippen molar-refractivity contribution >= 4 is 21.6 Å². The van der Waals surface area contributed by atoms with E-state index in [0.29, 0.717) is 6.54 Å². The van der Waals surface area contributed by atoms with Gasteiger partial charge in [0.05, 0.1) is 5.75 Å². The molecule has 6 nitrogen and oxygen atoms in total. The number of hydrogen-bond donors (Lipinski definition) is 2. The van der Waals surface area contributed by atoms with Crippen molar-refractivity contribution < 1.29 is 17.6 Å². The molecule has 0 saturated carbocycles. The van der Waals surface area contributed by atoms with Gasteiger partial charge in [-0.1, -0.05) is 6.92 Å². The van der Waals surface area contributed by atoms with Crippen LogP contribution in [0.3, 0.4) is 0 Å². The third-order valence-corrected chi connectivity index (χ3v) is 6.10. The Morgan fingerprint density at radius 1 is 1.40 bits per heavy atom. The first-order chi connectivity index (χ1) is 11.8. The number of nitrogens with zero attached hydrogens (tertiary/aromatic N) is 1. The Hall–Kier alpha value is -1.83. The van der Waals surface area contributed by atoms with Crippen LogP contribution in [0, 0.1) is 12.7 Å². The van der Waals surface area contributed by atoms with Crippen molar-refractivity contribution in [2.75, 3.05) is 36.0 Å². The number of nitrogens with one attached hydrogen (secondary N) is 2. The molecule has 2 N–H and O–H groups in total. The Labute approximate surface area is 148 Å².